The predicted octanol–water partition coefficient (Wildman–Crippen LogP) is 2.63. The molecule has 0 aliphatic rings. The fraction of sp³-hybridized carbons (Fsp3) is 0. The van der Waals surface area contributed by atoms with Crippen LogP contribution in [0.2, 0.25) is 5.02 Å². The normalized spacial score (nSPS) is 9.08. The quantitative estimate of drug-likeness (QED) is 0.589. The highest BCUT2D eigenvalue weighted by Crippen LogP contribution is 2.23. The summed E-state index contributed by atoms with van der Waals surface area (Å²) in [6, 6.07) is 5.05. The van der Waals surface area contributed by atoms with Crippen LogP contribution in [-0.2, 0) is 0 Å². The summed E-state index contributed by atoms with van der Waals surface area (Å²) in [5, 5.41) is 8.97. The SMILES string of the molecule is N#Cc1cc(I)c(Cl)c(C=O)c1. The maximum atomic E-state index is 10.5. The van der Waals surface area contributed by atoms with Crippen LogP contribution < -0.4 is 0 Å². The third kappa shape index (κ3) is 1.76. The van der Waals surface area contributed by atoms with Crippen LogP contribution in [0.5, 0.6) is 0 Å². The van der Waals surface area contributed by atoms with Crippen LogP contribution in [0.1, 0.15) is 15.9 Å². The van der Waals surface area contributed by atoms with Crippen molar-refractivity contribution >= 4 is 40.5 Å². The van der Waals surface area contributed by atoms with Crippen molar-refractivity contribution in [2.75, 3.05) is 0 Å². The summed E-state index contributed by atoms with van der Waals surface area (Å²) < 4.78 is 0.718. The molecule has 0 radical (unpaired) electrons. The lowest BCUT2D eigenvalue weighted by molar-refractivity contribution is 0.112. The first-order valence-electron chi connectivity index (χ1n) is 3.03. The van der Waals surface area contributed by atoms with Gasteiger partial charge in [-0.05, 0) is 34.7 Å². The second-order valence-electron chi connectivity index (χ2n) is 2.09. The lowest BCUT2D eigenvalue weighted by Crippen LogP contribution is -1.87. The first-order valence-corrected chi connectivity index (χ1v) is 4.49. The average molecular weight is 291 g/mol. The zero-order valence-electron chi connectivity index (χ0n) is 5.84. The van der Waals surface area contributed by atoms with Gasteiger partial charge in [0.15, 0.2) is 6.29 Å². The topological polar surface area (TPSA) is 40.9 Å². The minimum atomic E-state index is 0.361. The van der Waals surface area contributed by atoms with Gasteiger partial charge in [-0.25, -0.2) is 0 Å². The van der Waals surface area contributed by atoms with Crippen molar-refractivity contribution in [1.82, 2.24) is 0 Å². The fourth-order valence-corrected chi connectivity index (χ4v) is 1.56. The van der Waals surface area contributed by atoms with Crippen molar-refractivity contribution in [3.05, 3.63) is 31.9 Å². The van der Waals surface area contributed by atoms with Crippen LogP contribution in [0.15, 0.2) is 12.1 Å². The molecule has 0 saturated carbocycles. The Kier molecular flexibility index (Phi) is 3.06. The van der Waals surface area contributed by atoms with Gasteiger partial charge in [-0.3, -0.25) is 4.79 Å². The fourth-order valence-electron chi connectivity index (χ4n) is 0.761. The van der Waals surface area contributed by atoms with Gasteiger partial charge in [-0.1, -0.05) is 11.6 Å². The van der Waals surface area contributed by atoms with Gasteiger partial charge < -0.3 is 0 Å². The van der Waals surface area contributed by atoms with Crippen molar-refractivity contribution in [2.45, 2.75) is 0 Å². The number of rotatable bonds is 1. The second kappa shape index (κ2) is 3.87. The monoisotopic (exact) mass is 291 g/mol. The highest BCUT2D eigenvalue weighted by atomic mass is 127. The average Bonchev–Trinajstić information content (AvgIpc) is 2.09. The molecule has 2 nitrogen and oxygen atoms in total. The molecule has 0 N–H and O–H groups in total. The molecule has 0 atom stereocenters. The molecule has 0 unspecified atom stereocenters. The molecule has 0 aliphatic carbocycles. The summed E-state index contributed by atoms with van der Waals surface area (Å²) in [6.07, 6.45) is 0.644. The molecule has 0 aromatic heterocycles. The van der Waals surface area contributed by atoms with Gasteiger partial charge in [0.2, 0.25) is 0 Å². The Bertz CT molecular complexity index is 370. The van der Waals surface area contributed by atoms with E-state index in [1.165, 1.54) is 6.07 Å². The van der Waals surface area contributed by atoms with E-state index in [4.69, 9.17) is 16.9 Å². The third-order valence-electron chi connectivity index (χ3n) is 1.31. The summed E-state index contributed by atoms with van der Waals surface area (Å²) >= 11 is 7.75. The molecule has 4 heteroatoms. The molecule has 60 valence electrons. The minimum absolute atomic E-state index is 0.361. The molecular weight excluding hydrogens is 288 g/mol. The second-order valence-corrected chi connectivity index (χ2v) is 3.63. The maximum absolute atomic E-state index is 10.5. The predicted molar refractivity (Wildman–Crippen MR) is 54.3 cm³/mol. The molecule has 0 saturated heterocycles. The van der Waals surface area contributed by atoms with Crippen LogP contribution in [0.3, 0.4) is 0 Å². The molecule has 0 spiro atoms. The molecule has 0 heterocycles. The Morgan fingerprint density at radius 1 is 1.58 bits per heavy atom. The smallest absolute Gasteiger partial charge is 0.151 e. The first kappa shape index (κ1) is 9.49. The Hall–Kier alpha value is -0.600. The number of hydrogen-bond donors (Lipinski definition) is 0. The van der Waals surface area contributed by atoms with Gasteiger partial charge in [0, 0.05) is 9.13 Å². The van der Waals surface area contributed by atoms with Crippen molar-refractivity contribution in [1.29, 1.82) is 5.26 Å². The summed E-state index contributed by atoms with van der Waals surface area (Å²) in [5.41, 5.74) is 0.811. The number of carbonyl (C=O) groups excluding carboxylic acids is 1. The Morgan fingerprint density at radius 2 is 2.25 bits per heavy atom. The number of halogens is 2. The van der Waals surface area contributed by atoms with Gasteiger partial charge >= 0.3 is 0 Å². The largest absolute Gasteiger partial charge is 0.298 e. The van der Waals surface area contributed by atoms with E-state index in [0.717, 1.165) is 3.57 Å². The van der Waals surface area contributed by atoms with Crippen LogP contribution in [0.4, 0.5) is 0 Å². The van der Waals surface area contributed by atoms with E-state index in [1.807, 2.05) is 28.7 Å². The lowest BCUT2D eigenvalue weighted by atomic mass is 10.1. The summed E-state index contributed by atoms with van der Waals surface area (Å²) in [4.78, 5) is 10.5. The van der Waals surface area contributed by atoms with Gasteiger partial charge in [-0.2, -0.15) is 5.26 Å². The van der Waals surface area contributed by atoms with Crippen molar-refractivity contribution in [3.8, 4) is 6.07 Å². The maximum Gasteiger partial charge on any atom is 0.151 e. The molecule has 0 bridgehead atoms. The molecular formula is C8H3ClINO. The Morgan fingerprint density at radius 3 is 2.75 bits per heavy atom. The molecule has 1 aromatic carbocycles. The molecule has 0 aliphatic heterocycles. The summed E-state index contributed by atoms with van der Waals surface area (Å²) in [5.74, 6) is 0. The minimum Gasteiger partial charge on any atom is -0.298 e. The van der Waals surface area contributed by atoms with E-state index in [-0.39, 0.29) is 0 Å². The molecule has 0 fully saturated rings. The third-order valence-corrected chi connectivity index (χ3v) is 2.90. The van der Waals surface area contributed by atoms with E-state index >= 15 is 0 Å². The van der Waals surface area contributed by atoms with Crippen molar-refractivity contribution < 1.29 is 4.79 Å². The lowest BCUT2D eigenvalue weighted by Gasteiger charge is -1.99. The highest BCUT2D eigenvalue weighted by Gasteiger charge is 2.05. The van der Waals surface area contributed by atoms with Crippen LogP contribution in [0.25, 0.3) is 0 Å². The molecule has 1 rings (SSSR count). The number of hydrogen-bond acceptors (Lipinski definition) is 2. The number of nitrogens with zero attached hydrogens (tertiary/aromatic N) is 1. The van der Waals surface area contributed by atoms with E-state index < -0.39 is 0 Å². The Labute approximate surface area is 88.3 Å². The molecule has 0 amide bonds. The van der Waals surface area contributed by atoms with Crippen LogP contribution >= 0.6 is 34.2 Å². The standard InChI is InChI=1S/C8H3ClINO/c9-8-6(4-12)1-5(3-11)2-7(8)10/h1-2,4H. The van der Waals surface area contributed by atoms with E-state index in [9.17, 15) is 4.79 Å². The summed E-state index contributed by atoms with van der Waals surface area (Å²) in [7, 11) is 0. The van der Waals surface area contributed by atoms with E-state index in [1.54, 1.807) is 6.07 Å². The van der Waals surface area contributed by atoms with Gasteiger partial charge in [-0.15, -0.1) is 0 Å². The molecule has 12 heavy (non-hydrogen) atoms. The van der Waals surface area contributed by atoms with Gasteiger partial charge in [0.05, 0.1) is 16.7 Å². The van der Waals surface area contributed by atoms with E-state index in [0.29, 0.717) is 22.4 Å². The Balaban J connectivity index is 3.41. The number of benzene rings is 1. The van der Waals surface area contributed by atoms with Gasteiger partial charge in [0.1, 0.15) is 0 Å². The van der Waals surface area contributed by atoms with Crippen LogP contribution in [0, 0.1) is 14.9 Å². The number of aldehydes is 1. The zero-order valence-corrected chi connectivity index (χ0v) is 8.76. The van der Waals surface area contributed by atoms with Gasteiger partial charge in [0.25, 0.3) is 0 Å². The molecule has 1 aromatic rings. The summed E-state index contributed by atoms with van der Waals surface area (Å²) in [6.45, 7) is 0. The van der Waals surface area contributed by atoms with E-state index in [2.05, 4.69) is 0 Å². The number of nitriles is 1. The van der Waals surface area contributed by atoms with Crippen LogP contribution in [-0.4, -0.2) is 6.29 Å². The number of carbonyl (C=O) groups is 1. The van der Waals surface area contributed by atoms with Crippen molar-refractivity contribution in [3.63, 3.8) is 0 Å². The van der Waals surface area contributed by atoms with Crippen molar-refractivity contribution in [2.24, 2.45) is 0 Å². The first-order chi connectivity index (χ1) is 5.69. The zero-order chi connectivity index (χ0) is 9.14. The highest BCUT2D eigenvalue weighted by molar-refractivity contribution is 14.1.